The van der Waals surface area contributed by atoms with Gasteiger partial charge in [-0.15, -0.1) is 0 Å². The van der Waals surface area contributed by atoms with E-state index in [2.05, 4.69) is 25.1 Å². The van der Waals surface area contributed by atoms with Crippen LogP contribution in [0.3, 0.4) is 0 Å². The van der Waals surface area contributed by atoms with Gasteiger partial charge < -0.3 is 4.74 Å². The standard InChI is InChI=1S/C19H18O2/c1-13-4-9-18(10-5-13)21-19(20)17-8-7-15-11-14(2)3-6-16(15)12-17/h3-6,9-12H,7-8H2,1-2H3. The summed E-state index contributed by atoms with van der Waals surface area (Å²) in [5.41, 5.74) is 5.58. The first kappa shape index (κ1) is 13.6. The van der Waals surface area contributed by atoms with Crippen molar-refractivity contribution in [2.24, 2.45) is 0 Å². The molecule has 2 aromatic carbocycles. The van der Waals surface area contributed by atoms with Crippen LogP contribution in [0.5, 0.6) is 5.75 Å². The van der Waals surface area contributed by atoms with E-state index in [1.807, 2.05) is 37.3 Å². The third kappa shape index (κ3) is 3.05. The van der Waals surface area contributed by atoms with Crippen molar-refractivity contribution in [1.29, 1.82) is 0 Å². The molecule has 0 aliphatic heterocycles. The van der Waals surface area contributed by atoms with Gasteiger partial charge in [-0.2, -0.15) is 0 Å². The summed E-state index contributed by atoms with van der Waals surface area (Å²) >= 11 is 0. The molecule has 0 aromatic heterocycles. The van der Waals surface area contributed by atoms with Crippen molar-refractivity contribution in [3.8, 4) is 5.75 Å². The Morgan fingerprint density at radius 2 is 1.67 bits per heavy atom. The van der Waals surface area contributed by atoms with Gasteiger partial charge in [0.2, 0.25) is 0 Å². The first-order chi connectivity index (χ1) is 10.1. The Kier molecular flexibility index (Phi) is 3.61. The summed E-state index contributed by atoms with van der Waals surface area (Å²) in [7, 11) is 0. The minimum absolute atomic E-state index is 0.245. The lowest BCUT2D eigenvalue weighted by atomic mass is 9.91. The zero-order chi connectivity index (χ0) is 14.8. The van der Waals surface area contributed by atoms with E-state index in [-0.39, 0.29) is 5.97 Å². The molecule has 0 bridgehead atoms. The minimum atomic E-state index is -0.245. The number of fused-ring (bicyclic) bond motifs is 1. The molecule has 2 aromatic rings. The highest BCUT2D eigenvalue weighted by Gasteiger charge is 2.17. The van der Waals surface area contributed by atoms with Crippen LogP contribution in [0.15, 0.2) is 48.0 Å². The topological polar surface area (TPSA) is 26.3 Å². The number of esters is 1. The minimum Gasteiger partial charge on any atom is -0.423 e. The van der Waals surface area contributed by atoms with Crippen molar-refractivity contribution in [2.75, 3.05) is 0 Å². The van der Waals surface area contributed by atoms with Crippen molar-refractivity contribution in [2.45, 2.75) is 26.7 Å². The van der Waals surface area contributed by atoms with E-state index in [4.69, 9.17) is 4.74 Å². The van der Waals surface area contributed by atoms with E-state index in [0.717, 1.165) is 29.5 Å². The van der Waals surface area contributed by atoms with Gasteiger partial charge >= 0.3 is 5.97 Å². The van der Waals surface area contributed by atoms with Gasteiger partial charge in [0.25, 0.3) is 0 Å². The van der Waals surface area contributed by atoms with Crippen LogP contribution in [0.2, 0.25) is 0 Å². The highest BCUT2D eigenvalue weighted by atomic mass is 16.5. The predicted molar refractivity (Wildman–Crippen MR) is 84.3 cm³/mol. The Hall–Kier alpha value is -2.35. The Morgan fingerprint density at radius 1 is 0.952 bits per heavy atom. The van der Waals surface area contributed by atoms with E-state index >= 15 is 0 Å². The van der Waals surface area contributed by atoms with Crippen LogP contribution in [-0.2, 0) is 11.2 Å². The fraction of sp³-hybridized carbons (Fsp3) is 0.211. The molecule has 0 unspecified atom stereocenters. The van der Waals surface area contributed by atoms with Crippen molar-refractivity contribution >= 4 is 12.0 Å². The second-order valence-electron chi connectivity index (χ2n) is 5.57. The monoisotopic (exact) mass is 278 g/mol. The van der Waals surface area contributed by atoms with Crippen LogP contribution in [0.4, 0.5) is 0 Å². The normalized spacial score (nSPS) is 13.3. The molecule has 0 saturated carbocycles. The molecular formula is C19H18O2. The maximum absolute atomic E-state index is 12.2. The summed E-state index contributed by atoms with van der Waals surface area (Å²) < 4.78 is 5.44. The summed E-state index contributed by atoms with van der Waals surface area (Å²) in [6.07, 6.45) is 3.59. The smallest absolute Gasteiger partial charge is 0.339 e. The number of hydrogen-bond acceptors (Lipinski definition) is 2. The van der Waals surface area contributed by atoms with Crippen LogP contribution in [0.25, 0.3) is 6.08 Å². The molecule has 0 spiro atoms. The first-order valence-electron chi connectivity index (χ1n) is 7.21. The Balaban J connectivity index is 1.79. The van der Waals surface area contributed by atoms with Crippen molar-refractivity contribution in [3.63, 3.8) is 0 Å². The molecule has 106 valence electrons. The lowest BCUT2D eigenvalue weighted by Crippen LogP contribution is -2.14. The zero-order valence-corrected chi connectivity index (χ0v) is 12.3. The van der Waals surface area contributed by atoms with Gasteiger partial charge in [0.1, 0.15) is 5.75 Å². The van der Waals surface area contributed by atoms with E-state index in [1.54, 1.807) is 0 Å². The van der Waals surface area contributed by atoms with Gasteiger partial charge in [0.05, 0.1) is 0 Å². The predicted octanol–water partition coefficient (Wildman–Crippen LogP) is 4.24. The average Bonchev–Trinajstić information content (AvgIpc) is 2.49. The SMILES string of the molecule is Cc1ccc(OC(=O)C2=Cc3ccc(C)cc3CC2)cc1. The molecule has 0 amide bonds. The first-order valence-corrected chi connectivity index (χ1v) is 7.21. The largest absolute Gasteiger partial charge is 0.423 e. The second kappa shape index (κ2) is 5.57. The molecule has 0 heterocycles. The molecule has 3 rings (SSSR count). The van der Waals surface area contributed by atoms with Crippen LogP contribution in [0, 0.1) is 13.8 Å². The number of aryl methyl sites for hydroxylation is 3. The van der Waals surface area contributed by atoms with Gasteiger partial charge in [0.15, 0.2) is 0 Å². The molecule has 0 fully saturated rings. The van der Waals surface area contributed by atoms with E-state index < -0.39 is 0 Å². The van der Waals surface area contributed by atoms with Gasteiger partial charge in [-0.3, -0.25) is 0 Å². The Morgan fingerprint density at radius 3 is 2.43 bits per heavy atom. The summed E-state index contributed by atoms with van der Waals surface area (Å²) in [6, 6.07) is 13.9. The Labute approximate surface area is 125 Å². The quantitative estimate of drug-likeness (QED) is 0.606. The maximum atomic E-state index is 12.2. The number of rotatable bonds is 2. The van der Waals surface area contributed by atoms with Gasteiger partial charge in [-0.05, 0) is 56.0 Å². The van der Waals surface area contributed by atoms with Crippen LogP contribution in [0.1, 0.15) is 28.7 Å². The number of carbonyl (C=O) groups is 1. The maximum Gasteiger partial charge on any atom is 0.339 e. The van der Waals surface area contributed by atoms with Gasteiger partial charge in [-0.1, -0.05) is 41.5 Å². The van der Waals surface area contributed by atoms with E-state index in [1.165, 1.54) is 11.1 Å². The Bertz CT molecular complexity index is 709. The molecule has 0 atom stereocenters. The summed E-state index contributed by atoms with van der Waals surface area (Å²) in [5, 5.41) is 0. The zero-order valence-electron chi connectivity index (χ0n) is 12.3. The molecule has 0 radical (unpaired) electrons. The van der Waals surface area contributed by atoms with Crippen molar-refractivity contribution in [3.05, 3.63) is 70.3 Å². The summed E-state index contributed by atoms with van der Waals surface area (Å²) in [5.74, 6) is 0.353. The summed E-state index contributed by atoms with van der Waals surface area (Å²) in [6.45, 7) is 4.10. The molecule has 0 saturated heterocycles. The van der Waals surface area contributed by atoms with Gasteiger partial charge in [-0.25, -0.2) is 4.79 Å². The lowest BCUT2D eigenvalue weighted by Gasteiger charge is -2.16. The molecule has 1 aliphatic carbocycles. The fourth-order valence-corrected chi connectivity index (χ4v) is 2.56. The third-order valence-corrected chi connectivity index (χ3v) is 3.79. The van der Waals surface area contributed by atoms with Crippen LogP contribution in [-0.4, -0.2) is 5.97 Å². The molecule has 1 aliphatic rings. The number of benzene rings is 2. The van der Waals surface area contributed by atoms with Crippen molar-refractivity contribution < 1.29 is 9.53 Å². The third-order valence-electron chi connectivity index (χ3n) is 3.79. The molecule has 2 nitrogen and oxygen atoms in total. The van der Waals surface area contributed by atoms with E-state index in [0.29, 0.717) is 5.75 Å². The average molecular weight is 278 g/mol. The highest BCUT2D eigenvalue weighted by molar-refractivity contribution is 5.96. The fourth-order valence-electron chi connectivity index (χ4n) is 2.56. The van der Waals surface area contributed by atoms with Crippen molar-refractivity contribution in [1.82, 2.24) is 0 Å². The highest BCUT2D eigenvalue weighted by Crippen LogP contribution is 2.26. The van der Waals surface area contributed by atoms with E-state index in [9.17, 15) is 4.79 Å². The number of carbonyl (C=O) groups excluding carboxylic acids is 1. The lowest BCUT2D eigenvalue weighted by molar-refractivity contribution is -0.130. The molecule has 0 N–H and O–H groups in total. The van der Waals surface area contributed by atoms with Gasteiger partial charge in [0, 0.05) is 5.57 Å². The second-order valence-corrected chi connectivity index (χ2v) is 5.57. The molecule has 2 heteroatoms. The number of ether oxygens (including phenoxy) is 1. The number of hydrogen-bond donors (Lipinski definition) is 0. The molecular weight excluding hydrogens is 260 g/mol. The van der Waals surface area contributed by atoms with Crippen LogP contribution >= 0.6 is 0 Å². The summed E-state index contributed by atoms with van der Waals surface area (Å²) in [4.78, 5) is 12.2. The van der Waals surface area contributed by atoms with Crippen LogP contribution < -0.4 is 4.74 Å². The molecule has 21 heavy (non-hydrogen) atoms.